The van der Waals surface area contributed by atoms with E-state index in [4.69, 9.17) is 5.73 Å². The van der Waals surface area contributed by atoms with Crippen LogP contribution in [-0.4, -0.2) is 9.97 Å². The van der Waals surface area contributed by atoms with Crippen LogP contribution in [0, 0.1) is 11.6 Å². The van der Waals surface area contributed by atoms with E-state index < -0.39 is 17.7 Å². The zero-order valence-corrected chi connectivity index (χ0v) is 7.74. The Morgan fingerprint density at radius 1 is 1.20 bits per heavy atom. The van der Waals surface area contributed by atoms with Gasteiger partial charge >= 0.3 is 0 Å². The van der Waals surface area contributed by atoms with Crippen molar-refractivity contribution >= 4 is 0 Å². The summed E-state index contributed by atoms with van der Waals surface area (Å²) in [6.07, 6.45) is 3.13. The predicted molar refractivity (Wildman–Crippen MR) is 51.0 cm³/mol. The van der Waals surface area contributed by atoms with Crippen molar-refractivity contribution in [2.24, 2.45) is 5.73 Å². The van der Waals surface area contributed by atoms with E-state index in [9.17, 15) is 8.78 Å². The standard InChI is InChI=1S/C10H9F2N3/c11-7-3-6(4-8(12)5-7)9(13)10-14-1-2-15-10/h1-5,9H,13H2,(H,14,15). The number of aromatic amines is 1. The Labute approximate surface area is 85.0 Å². The molecule has 2 rings (SSSR count). The molecule has 0 radical (unpaired) electrons. The van der Waals surface area contributed by atoms with Crippen LogP contribution in [0.5, 0.6) is 0 Å². The van der Waals surface area contributed by atoms with Crippen LogP contribution in [0.1, 0.15) is 17.4 Å². The van der Waals surface area contributed by atoms with E-state index >= 15 is 0 Å². The maximum atomic E-state index is 12.9. The Balaban J connectivity index is 2.37. The van der Waals surface area contributed by atoms with Gasteiger partial charge in [-0.3, -0.25) is 0 Å². The van der Waals surface area contributed by atoms with Crippen LogP contribution in [0.15, 0.2) is 30.6 Å². The van der Waals surface area contributed by atoms with Crippen LogP contribution in [0.3, 0.4) is 0 Å². The molecule has 1 atom stereocenters. The minimum atomic E-state index is -0.648. The summed E-state index contributed by atoms with van der Waals surface area (Å²) in [6, 6.07) is 2.54. The molecule has 1 unspecified atom stereocenters. The molecular weight excluding hydrogens is 200 g/mol. The number of hydrogen-bond acceptors (Lipinski definition) is 2. The molecule has 0 saturated heterocycles. The third-order valence-electron chi connectivity index (χ3n) is 2.06. The van der Waals surface area contributed by atoms with E-state index in [1.807, 2.05) is 0 Å². The molecule has 0 bridgehead atoms. The molecule has 3 N–H and O–H groups in total. The number of nitrogens with zero attached hydrogens (tertiary/aromatic N) is 1. The summed E-state index contributed by atoms with van der Waals surface area (Å²) >= 11 is 0. The van der Waals surface area contributed by atoms with Gasteiger partial charge in [0.05, 0.1) is 6.04 Å². The minimum Gasteiger partial charge on any atom is -0.347 e. The van der Waals surface area contributed by atoms with E-state index in [-0.39, 0.29) is 0 Å². The van der Waals surface area contributed by atoms with E-state index in [2.05, 4.69) is 9.97 Å². The van der Waals surface area contributed by atoms with Crippen LogP contribution in [0.2, 0.25) is 0 Å². The van der Waals surface area contributed by atoms with Crippen LogP contribution >= 0.6 is 0 Å². The van der Waals surface area contributed by atoms with Gasteiger partial charge in [-0.15, -0.1) is 0 Å². The van der Waals surface area contributed by atoms with E-state index in [1.54, 1.807) is 6.20 Å². The number of hydrogen-bond donors (Lipinski definition) is 2. The van der Waals surface area contributed by atoms with Gasteiger partial charge in [-0.2, -0.15) is 0 Å². The molecule has 1 aromatic heterocycles. The fourth-order valence-electron chi connectivity index (χ4n) is 1.36. The average molecular weight is 209 g/mol. The highest BCUT2D eigenvalue weighted by Gasteiger charge is 2.13. The molecule has 0 aliphatic rings. The maximum Gasteiger partial charge on any atom is 0.127 e. The van der Waals surface area contributed by atoms with Crippen molar-refractivity contribution in [2.75, 3.05) is 0 Å². The number of nitrogens with two attached hydrogens (primary N) is 1. The molecular formula is C10H9F2N3. The lowest BCUT2D eigenvalue weighted by atomic mass is 10.1. The van der Waals surface area contributed by atoms with Crippen molar-refractivity contribution in [1.29, 1.82) is 0 Å². The van der Waals surface area contributed by atoms with E-state index in [1.165, 1.54) is 18.3 Å². The number of imidazole rings is 1. The molecule has 0 fully saturated rings. The molecule has 0 amide bonds. The molecule has 0 aliphatic carbocycles. The largest absolute Gasteiger partial charge is 0.347 e. The lowest BCUT2D eigenvalue weighted by molar-refractivity contribution is 0.576. The van der Waals surface area contributed by atoms with Gasteiger partial charge < -0.3 is 10.7 Å². The molecule has 1 aromatic carbocycles. The van der Waals surface area contributed by atoms with Crippen molar-refractivity contribution in [1.82, 2.24) is 9.97 Å². The zero-order chi connectivity index (χ0) is 10.8. The number of aromatic nitrogens is 2. The van der Waals surface area contributed by atoms with Crippen molar-refractivity contribution < 1.29 is 8.78 Å². The summed E-state index contributed by atoms with van der Waals surface area (Å²) in [4.78, 5) is 6.72. The van der Waals surface area contributed by atoms with Gasteiger partial charge in [0.1, 0.15) is 17.5 Å². The Morgan fingerprint density at radius 3 is 2.40 bits per heavy atom. The number of benzene rings is 1. The van der Waals surface area contributed by atoms with Gasteiger partial charge in [-0.1, -0.05) is 0 Å². The van der Waals surface area contributed by atoms with Gasteiger partial charge in [0.2, 0.25) is 0 Å². The van der Waals surface area contributed by atoms with Gasteiger partial charge in [0.25, 0.3) is 0 Å². The maximum absolute atomic E-state index is 12.9. The summed E-state index contributed by atoms with van der Waals surface area (Å²) in [5.41, 5.74) is 6.12. The number of nitrogens with one attached hydrogen (secondary N) is 1. The number of rotatable bonds is 2. The third kappa shape index (κ3) is 2.02. The van der Waals surface area contributed by atoms with Gasteiger partial charge in [0.15, 0.2) is 0 Å². The first kappa shape index (κ1) is 9.79. The number of H-pyrrole nitrogens is 1. The summed E-state index contributed by atoms with van der Waals surface area (Å²) in [5.74, 6) is -0.820. The first-order valence-corrected chi connectivity index (χ1v) is 4.37. The summed E-state index contributed by atoms with van der Waals surface area (Å²) in [6.45, 7) is 0. The lowest BCUT2D eigenvalue weighted by Gasteiger charge is -2.09. The van der Waals surface area contributed by atoms with Crippen molar-refractivity contribution in [3.63, 3.8) is 0 Å². The SMILES string of the molecule is NC(c1cc(F)cc(F)c1)c1ncc[nH]1. The Hall–Kier alpha value is -1.75. The molecule has 0 spiro atoms. The highest BCUT2D eigenvalue weighted by Crippen LogP contribution is 2.18. The molecule has 1 heterocycles. The first-order chi connectivity index (χ1) is 7.16. The second-order valence-electron chi connectivity index (χ2n) is 3.15. The zero-order valence-electron chi connectivity index (χ0n) is 7.74. The fourth-order valence-corrected chi connectivity index (χ4v) is 1.36. The van der Waals surface area contributed by atoms with Crippen LogP contribution < -0.4 is 5.73 Å². The Kier molecular flexibility index (Phi) is 2.47. The summed E-state index contributed by atoms with van der Waals surface area (Å²) < 4.78 is 25.8. The lowest BCUT2D eigenvalue weighted by Crippen LogP contribution is -2.14. The minimum absolute atomic E-state index is 0.349. The number of halogens is 2. The quantitative estimate of drug-likeness (QED) is 0.791. The monoisotopic (exact) mass is 209 g/mol. The first-order valence-electron chi connectivity index (χ1n) is 4.37. The smallest absolute Gasteiger partial charge is 0.127 e. The van der Waals surface area contributed by atoms with Gasteiger partial charge in [-0.05, 0) is 17.7 Å². The van der Waals surface area contributed by atoms with Gasteiger partial charge in [-0.25, -0.2) is 13.8 Å². The average Bonchev–Trinajstić information content (AvgIpc) is 2.67. The molecule has 2 aromatic rings. The molecule has 15 heavy (non-hydrogen) atoms. The second kappa shape index (κ2) is 3.78. The normalized spacial score (nSPS) is 12.7. The van der Waals surface area contributed by atoms with E-state index in [0.29, 0.717) is 11.4 Å². The summed E-state index contributed by atoms with van der Waals surface area (Å²) in [5, 5.41) is 0. The predicted octanol–water partition coefficient (Wildman–Crippen LogP) is 1.74. The second-order valence-corrected chi connectivity index (χ2v) is 3.15. The molecule has 5 heteroatoms. The van der Waals surface area contributed by atoms with Crippen molar-refractivity contribution in [2.45, 2.75) is 6.04 Å². The molecule has 0 aliphatic heterocycles. The Bertz CT molecular complexity index is 433. The van der Waals surface area contributed by atoms with Crippen molar-refractivity contribution in [3.05, 3.63) is 53.6 Å². The topological polar surface area (TPSA) is 54.7 Å². The fraction of sp³-hybridized carbons (Fsp3) is 0.100. The third-order valence-corrected chi connectivity index (χ3v) is 2.06. The molecule has 0 saturated carbocycles. The van der Waals surface area contributed by atoms with Crippen LogP contribution in [-0.2, 0) is 0 Å². The van der Waals surface area contributed by atoms with E-state index in [0.717, 1.165) is 6.07 Å². The highest BCUT2D eigenvalue weighted by molar-refractivity contribution is 5.25. The molecule has 3 nitrogen and oxygen atoms in total. The summed E-state index contributed by atoms with van der Waals surface area (Å²) in [7, 11) is 0. The van der Waals surface area contributed by atoms with Crippen LogP contribution in [0.4, 0.5) is 8.78 Å². The Morgan fingerprint density at radius 2 is 1.87 bits per heavy atom. The van der Waals surface area contributed by atoms with Crippen LogP contribution in [0.25, 0.3) is 0 Å². The highest BCUT2D eigenvalue weighted by atomic mass is 19.1. The molecule has 78 valence electrons. The van der Waals surface area contributed by atoms with Crippen molar-refractivity contribution in [3.8, 4) is 0 Å². The van der Waals surface area contributed by atoms with Gasteiger partial charge in [0, 0.05) is 18.5 Å².